The maximum Gasteiger partial charge on any atom is 0.0897 e. The lowest BCUT2D eigenvalue weighted by Gasteiger charge is -2.07. The lowest BCUT2D eigenvalue weighted by atomic mass is 10.1. The van der Waals surface area contributed by atoms with E-state index in [0.717, 1.165) is 17.1 Å². The smallest absolute Gasteiger partial charge is 0.0897 e. The van der Waals surface area contributed by atoms with Crippen molar-refractivity contribution in [2.24, 2.45) is 5.73 Å². The van der Waals surface area contributed by atoms with Crippen molar-refractivity contribution < 1.29 is 0 Å². The largest absolute Gasteiger partial charge is 0.323 e. The van der Waals surface area contributed by atoms with Gasteiger partial charge in [0, 0.05) is 27.6 Å². The molecular formula is C15H20N2S2. The van der Waals surface area contributed by atoms with Gasteiger partial charge in [-0.25, -0.2) is 4.98 Å². The molecule has 1 atom stereocenters. The van der Waals surface area contributed by atoms with Gasteiger partial charge in [0.2, 0.25) is 0 Å². The van der Waals surface area contributed by atoms with E-state index in [4.69, 9.17) is 5.73 Å². The number of aromatic nitrogens is 1. The van der Waals surface area contributed by atoms with Crippen LogP contribution in [0.2, 0.25) is 0 Å². The number of nitrogens with two attached hydrogens (primary N) is 1. The number of aryl methyl sites for hydroxylation is 3. The quantitative estimate of drug-likeness (QED) is 0.868. The molecule has 0 saturated heterocycles. The number of thiophene rings is 1. The van der Waals surface area contributed by atoms with E-state index in [1.807, 2.05) is 18.3 Å². The standard InChI is InChI=1S/C15H20N2S2/c1-10-17-12(9-18-10)8-13(16)15-7-11-5-3-2-4-6-14(11)19-15/h7,9,13H,2-6,8,16H2,1H3. The summed E-state index contributed by atoms with van der Waals surface area (Å²) in [6.45, 7) is 2.05. The van der Waals surface area contributed by atoms with Crippen LogP contribution in [-0.2, 0) is 19.3 Å². The van der Waals surface area contributed by atoms with Gasteiger partial charge in [-0.1, -0.05) is 6.42 Å². The number of hydrogen-bond acceptors (Lipinski definition) is 4. The maximum atomic E-state index is 6.36. The molecule has 0 saturated carbocycles. The van der Waals surface area contributed by atoms with Gasteiger partial charge in [0.15, 0.2) is 0 Å². The Labute approximate surface area is 122 Å². The number of fused-ring (bicyclic) bond motifs is 1. The van der Waals surface area contributed by atoms with Gasteiger partial charge < -0.3 is 5.73 Å². The molecule has 2 N–H and O–H groups in total. The minimum atomic E-state index is 0.110. The molecule has 0 aliphatic heterocycles. The Bertz CT molecular complexity index is 533. The van der Waals surface area contributed by atoms with Crippen LogP contribution in [0.3, 0.4) is 0 Å². The highest BCUT2D eigenvalue weighted by Gasteiger charge is 2.17. The van der Waals surface area contributed by atoms with Gasteiger partial charge >= 0.3 is 0 Å². The molecule has 3 rings (SSSR count). The van der Waals surface area contributed by atoms with Crippen molar-refractivity contribution in [1.29, 1.82) is 0 Å². The SMILES string of the molecule is Cc1nc(CC(N)c2cc3c(s2)CCCCC3)cs1. The van der Waals surface area contributed by atoms with Crippen LogP contribution in [0.15, 0.2) is 11.4 Å². The average Bonchev–Trinajstić information content (AvgIpc) is 2.91. The van der Waals surface area contributed by atoms with Crippen molar-refractivity contribution in [3.8, 4) is 0 Å². The Hall–Kier alpha value is -0.710. The number of hydrogen-bond donors (Lipinski definition) is 1. The van der Waals surface area contributed by atoms with Crippen molar-refractivity contribution in [2.75, 3.05) is 0 Å². The summed E-state index contributed by atoms with van der Waals surface area (Å²) in [6, 6.07) is 2.47. The fourth-order valence-corrected chi connectivity index (χ4v) is 4.59. The third-order valence-electron chi connectivity index (χ3n) is 3.73. The van der Waals surface area contributed by atoms with E-state index >= 15 is 0 Å². The van der Waals surface area contributed by atoms with Gasteiger partial charge in [0.25, 0.3) is 0 Å². The van der Waals surface area contributed by atoms with Crippen LogP contribution in [0.25, 0.3) is 0 Å². The second kappa shape index (κ2) is 5.73. The van der Waals surface area contributed by atoms with Gasteiger partial charge in [0.1, 0.15) is 0 Å². The third kappa shape index (κ3) is 3.07. The Morgan fingerprint density at radius 2 is 2.16 bits per heavy atom. The van der Waals surface area contributed by atoms with Gasteiger partial charge in [-0.05, 0) is 44.2 Å². The Balaban J connectivity index is 1.74. The average molecular weight is 292 g/mol. The van der Waals surface area contributed by atoms with Crippen LogP contribution >= 0.6 is 22.7 Å². The van der Waals surface area contributed by atoms with Crippen LogP contribution < -0.4 is 5.73 Å². The van der Waals surface area contributed by atoms with E-state index in [2.05, 4.69) is 16.4 Å². The molecule has 2 nitrogen and oxygen atoms in total. The van der Waals surface area contributed by atoms with Crippen LogP contribution in [0.5, 0.6) is 0 Å². The molecule has 2 aromatic heterocycles. The maximum absolute atomic E-state index is 6.36. The van der Waals surface area contributed by atoms with E-state index in [9.17, 15) is 0 Å². The molecule has 0 radical (unpaired) electrons. The normalized spacial score (nSPS) is 16.9. The molecule has 0 spiro atoms. The molecule has 102 valence electrons. The van der Waals surface area contributed by atoms with E-state index in [1.165, 1.54) is 37.0 Å². The first kappa shape index (κ1) is 13.3. The van der Waals surface area contributed by atoms with Crippen molar-refractivity contribution in [3.63, 3.8) is 0 Å². The predicted octanol–water partition coefficient (Wildman–Crippen LogP) is 4.02. The summed E-state index contributed by atoms with van der Waals surface area (Å²) in [7, 11) is 0. The zero-order valence-electron chi connectivity index (χ0n) is 11.3. The molecule has 1 aliphatic rings. The first-order chi connectivity index (χ1) is 9.22. The summed E-state index contributed by atoms with van der Waals surface area (Å²) in [6.07, 6.45) is 7.42. The van der Waals surface area contributed by atoms with Gasteiger partial charge in [-0.2, -0.15) is 0 Å². The number of thiazole rings is 1. The topological polar surface area (TPSA) is 38.9 Å². The fraction of sp³-hybridized carbons (Fsp3) is 0.533. The molecule has 4 heteroatoms. The van der Waals surface area contributed by atoms with Crippen molar-refractivity contribution in [2.45, 2.75) is 51.5 Å². The van der Waals surface area contributed by atoms with E-state index in [1.54, 1.807) is 21.8 Å². The fourth-order valence-electron chi connectivity index (χ4n) is 2.70. The number of nitrogens with zero attached hydrogens (tertiary/aromatic N) is 1. The molecule has 0 bridgehead atoms. The van der Waals surface area contributed by atoms with Gasteiger partial charge in [-0.3, -0.25) is 0 Å². The molecule has 1 aliphatic carbocycles. The second-order valence-corrected chi connectivity index (χ2v) is 7.56. The Kier molecular flexibility index (Phi) is 4.01. The summed E-state index contributed by atoms with van der Waals surface area (Å²) in [4.78, 5) is 7.44. The third-order valence-corrected chi connectivity index (χ3v) is 5.92. The highest BCUT2D eigenvalue weighted by Crippen LogP contribution is 2.32. The zero-order valence-corrected chi connectivity index (χ0v) is 12.9. The molecule has 0 amide bonds. The van der Waals surface area contributed by atoms with Crippen molar-refractivity contribution >= 4 is 22.7 Å². The second-order valence-electron chi connectivity index (χ2n) is 5.33. The Morgan fingerprint density at radius 1 is 1.32 bits per heavy atom. The molecule has 2 heterocycles. The van der Waals surface area contributed by atoms with E-state index in [-0.39, 0.29) is 6.04 Å². The molecule has 2 aromatic rings. The Morgan fingerprint density at radius 3 is 2.95 bits per heavy atom. The van der Waals surface area contributed by atoms with Gasteiger partial charge in [0.05, 0.1) is 10.7 Å². The first-order valence-electron chi connectivity index (χ1n) is 7.00. The van der Waals surface area contributed by atoms with E-state index in [0.29, 0.717) is 0 Å². The highest BCUT2D eigenvalue weighted by atomic mass is 32.1. The first-order valence-corrected chi connectivity index (χ1v) is 8.70. The minimum Gasteiger partial charge on any atom is -0.323 e. The molecular weight excluding hydrogens is 272 g/mol. The molecule has 0 fully saturated rings. The van der Waals surface area contributed by atoms with Crippen molar-refractivity contribution in [3.05, 3.63) is 37.5 Å². The van der Waals surface area contributed by atoms with Crippen LogP contribution in [0.4, 0.5) is 0 Å². The zero-order chi connectivity index (χ0) is 13.2. The highest BCUT2D eigenvalue weighted by molar-refractivity contribution is 7.12. The van der Waals surface area contributed by atoms with Crippen LogP contribution in [-0.4, -0.2) is 4.98 Å². The summed E-state index contributed by atoms with van der Waals surface area (Å²) in [5.41, 5.74) is 9.06. The summed E-state index contributed by atoms with van der Waals surface area (Å²) >= 11 is 3.64. The van der Waals surface area contributed by atoms with Crippen LogP contribution in [0, 0.1) is 6.92 Å². The molecule has 1 unspecified atom stereocenters. The van der Waals surface area contributed by atoms with Crippen molar-refractivity contribution in [1.82, 2.24) is 4.98 Å². The number of rotatable bonds is 3. The molecule has 19 heavy (non-hydrogen) atoms. The summed E-state index contributed by atoms with van der Waals surface area (Å²) < 4.78 is 0. The van der Waals surface area contributed by atoms with Gasteiger partial charge in [-0.15, -0.1) is 22.7 Å². The minimum absolute atomic E-state index is 0.110. The lowest BCUT2D eigenvalue weighted by molar-refractivity contribution is 0.707. The monoisotopic (exact) mass is 292 g/mol. The predicted molar refractivity (Wildman–Crippen MR) is 83.1 cm³/mol. The van der Waals surface area contributed by atoms with E-state index < -0.39 is 0 Å². The molecule has 0 aromatic carbocycles. The lowest BCUT2D eigenvalue weighted by Crippen LogP contribution is -2.12. The van der Waals surface area contributed by atoms with Crippen LogP contribution in [0.1, 0.15) is 51.3 Å². The summed E-state index contributed by atoms with van der Waals surface area (Å²) in [5.74, 6) is 0. The summed E-state index contributed by atoms with van der Waals surface area (Å²) in [5, 5.41) is 3.26.